The van der Waals surface area contributed by atoms with Gasteiger partial charge < -0.3 is 9.52 Å². The molecule has 0 aliphatic rings. The molecule has 0 aliphatic heterocycles. The lowest BCUT2D eigenvalue weighted by atomic mass is 10.1. The van der Waals surface area contributed by atoms with E-state index in [1.165, 1.54) is 6.20 Å². The van der Waals surface area contributed by atoms with Gasteiger partial charge in [-0.05, 0) is 17.7 Å². The summed E-state index contributed by atoms with van der Waals surface area (Å²) in [7, 11) is 0. The van der Waals surface area contributed by atoms with Gasteiger partial charge in [0.05, 0.1) is 6.20 Å². The van der Waals surface area contributed by atoms with Crippen molar-refractivity contribution < 1.29 is 14.3 Å². The van der Waals surface area contributed by atoms with Crippen molar-refractivity contribution in [2.75, 3.05) is 0 Å². The number of aliphatic carboxylic acids is 1. The molecule has 4 nitrogen and oxygen atoms in total. The minimum absolute atomic E-state index is 0.132. The first kappa shape index (κ1) is 11.9. The van der Waals surface area contributed by atoms with E-state index in [1.807, 2.05) is 24.3 Å². The van der Waals surface area contributed by atoms with Crippen LogP contribution in [-0.2, 0) is 17.6 Å². The van der Waals surface area contributed by atoms with Crippen molar-refractivity contribution in [1.29, 1.82) is 0 Å². The third-order valence-electron chi connectivity index (χ3n) is 2.20. The number of carboxylic acid groups (broad SMARTS) is 1. The first-order valence-corrected chi connectivity index (χ1v) is 5.82. The van der Waals surface area contributed by atoms with Crippen LogP contribution in [0, 0.1) is 0 Å². The summed E-state index contributed by atoms with van der Waals surface area (Å²) in [6.45, 7) is 0. The molecule has 2 rings (SSSR count). The third-order valence-corrected chi connectivity index (χ3v) is 2.72. The van der Waals surface area contributed by atoms with Crippen molar-refractivity contribution in [3.05, 3.63) is 52.1 Å². The van der Waals surface area contributed by atoms with Crippen LogP contribution in [0.15, 0.2) is 39.4 Å². The SMILES string of the molecule is O=C(O)Cc1cnc(Cc2ccc(Br)cc2)o1. The maximum atomic E-state index is 10.5. The summed E-state index contributed by atoms with van der Waals surface area (Å²) in [6.07, 6.45) is 1.89. The molecule has 17 heavy (non-hydrogen) atoms. The standard InChI is InChI=1S/C12H10BrNO3/c13-9-3-1-8(2-4-9)5-11-14-7-10(17-11)6-12(15)16/h1-4,7H,5-6H2,(H,15,16). The van der Waals surface area contributed by atoms with Gasteiger partial charge >= 0.3 is 5.97 Å². The van der Waals surface area contributed by atoms with Gasteiger partial charge in [-0.3, -0.25) is 4.79 Å². The molecule has 5 heteroatoms. The van der Waals surface area contributed by atoms with Crippen LogP contribution in [0.25, 0.3) is 0 Å². The molecule has 0 fully saturated rings. The van der Waals surface area contributed by atoms with Gasteiger partial charge in [-0.1, -0.05) is 28.1 Å². The summed E-state index contributed by atoms with van der Waals surface area (Å²) >= 11 is 3.36. The number of carboxylic acids is 1. The number of hydrogen-bond acceptors (Lipinski definition) is 3. The third kappa shape index (κ3) is 3.42. The topological polar surface area (TPSA) is 63.3 Å². The summed E-state index contributed by atoms with van der Waals surface area (Å²) in [4.78, 5) is 14.5. The second-order valence-corrected chi connectivity index (χ2v) is 4.51. The Bertz CT molecular complexity index is 519. The predicted molar refractivity (Wildman–Crippen MR) is 64.8 cm³/mol. The molecular formula is C12H10BrNO3. The highest BCUT2D eigenvalue weighted by atomic mass is 79.9. The second-order valence-electron chi connectivity index (χ2n) is 3.59. The van der Waals surface area contributed by atoms with Gasteiger partial charge in [0.15, 0.2) is 5.89 Å². The Morgan fingerprint density at radius 1 is 1.35 bits per heavy atom. The van der Waals surface area contributed by atoms with E-state index in [9.17, 15) is 4.79 Å². The van der Waals surface area contributed by atoms with E-state index in [-0.39, 0.29) is 6.42 Å². The number of halogens is 1. The summed E-state index contributed by atoms with van der Waals surface area (Å²) in [6, 6.07) is 7.81. The molecule has 1 N–H and O–H groups in total. The van der Waals surface area contributed by atoms with Gasteiger partial charge in [-0.2, -0.15) is 0 Å². The monoisotopic (exact) mass is 295 g/mol. The van der Waals surface area contributed by atoms with Crippen molar-refractivity contribution in [1.82, 2.24) is 4.98 Å². The highest BCUT2D eigenvalue weighted by Gasteiger charge is 2.08. The number of benzene rings is 1. The Labute approximate surface area is 106 Å². The molecule has 1 aromatic carbocycles. The lowest BCUT2D eigenvalue weighted by Gasteiger charge is -1.97. The zero-order valence-corrected chi connectivity index (χ0v) is 10.5. The molecule has 0 radical (unpaired) electrons. The maximum absolute atomic E-state index is 10.5. The molecular weight excluding hydrogens is 286 g/mol. The molecule has 1 heterocycles. The fraction of sp³-hybridized carbons (Fsp3) is 0.167. The van der Waals surface area contributed by atoms with Crippen LogP contribution in [0.3, 0.4) is 0 Å². The van der Waals surface area contributed by atoms with Crippen LogP contribution >= 0.6 is 15.9 Å². The number of nitrogens with zero attached hydrogens (tertiary/aromatic N) is 1. The normalized spacial score (nSPS) is 10.4. The molecule has 0 bridgehead atoms. The smallest absolute Gasteiger partial charge is 0.311 e. The minimum atomic E-state index is -0.920. The fourth-order valence-corrected chi connectivity index (χ4v) is 1.70. The Kier molecular flexibility index (Phi) is 3.58. The van der Waals surface area contributed by atoms with Crippen molar-refractivity contribution in [2.24, 2.45) is 0 Å². The zero-order valence-electron chi connectivity index (χ0n) is 8.89. The first-order chi connectivity index (χ1) is 8.13. The largest absolute Gasteiger partial charge is 0.481 e. The quantitative estimate of drug-likeness (QED) is 0.942. The van der Waals surface area contributed by atoms with E-state index >= 15 is 0 Å². The fourth-order valence-electron chi connectivity index (χ4n) is 1.44. The van der Waals surface area contributed by atoms with E-state index in [4.69, 9.17) is 9.52 Å². The number of rotatable bonds is 4. The minimum Gasteiger partial charge on any atom is -0.481 e. The van der Waals surface area contributed by atoms with Crippen LogP contribution in [0.2, 0.25) is 0 Å². The lowest BCUT2D eigenvalue weighted by Crippen LogP contribution is -1.98. The van der Waals surface area contributed by atoms with Crippen LogP contribution in [0.1, 0.15) is 17.2 Å². The molecule has 0 spiro atoms. The van der Waals surface area contributed by atoms with Crippen LogP contribution < -0.4 is 0 Å². The summed E-state index contributed by atoms with van der Waals surface area (Å²) < 4.78 is 6.34. The predicted octanol–water partition coefficient (Wildman–Crippen LogP) is 2.66. The van der Waals surface area contributed by atoms with Crippen molar-refractivity contribution >= 4 is 21.9 Å². The van der Waals surface area contributed by atoms with Gasteiger partial charge in [-0.25, -0.2) is 4.98 Å². The summed E-state index contributed by atoms with van der Waals surface area (Å²) in [5.74, 6) is -0.00970. The van der Waals surface area contributed by atoms with E-state index < -0.39 is 5.97 Å². The van der Waals surface area contributed by atoms with Crippen LogP contribution in [-0.4, -0.2) is 16.1 Å². The lowest BCUT2D eigenvalue weighted by molar-refractivity contribution is -0.136. The van der Waals surface area contributed by atoms with E-state index in [2.05, 4.69) is 20.9 Å². The average Bonchev–Trinajstić information content (AvgIpc) is 2.68. The summed E-state index contributed by atoms with van der Waals surface area (Å²) in [5, 5.41) is 8.60. The van der Waals surface area contributed by atoms with Crippen molar-refractivity contribution in [2.45, 2.75) is 12.8 Å². The van der Waals surface area contributed by atoms with E-state index in [0.717, 1.165) is 10.0 Å². The molecule has 0 amide bonds. The number of carbonyl (C=O) groups is 1. The molecule has 0 saturated carbocycles. The van der Waals surface area contributed by atoms with E-state index in [0.29, 0.717) is 18.1 Å². The maximum Gasteiger partial charge on any atom is 0.311 e. The Hall–Kier alpha value is -1.62. The van der Waals surface area contributed by atoms with Gasteiger partial charge in [0.25, 0.3) is 0 Å². The van der Waals surface area contributed by atoms with Crippen LogP contribution in [0.5, 0.6) is 0 Å². The van der Waals surface area contributed by atoms with Crippen molar-refractivity contribution in [3.63, 3.8) is 0 Å². The molecule has 0 aliphatic carbocycles. The number of oxazole rings is 1. The first-order valence-electron chi connectivity index (χ1n) is 5.03. The average molecular weight is 296 g/mol. The highest BCUT2D eigenvalue weighted by molar-refractivity contribution is 9.10. The molecule has 0 atom stereocenters. The van der Waals surface area contributed by atoms with E-state index in [1.54, 1.807) is 0 Å². The second kappa shape index (κ2) is 5.14. The van der Waals surface area contributed by atoms with Crippen molar-refractivity contribution in [3.8, 4) is 0 Å². The van der Waals surface area contributed by atoms with Crippen LogP contribution in [0.4, 0.5) is 0 Å². The van der Waals surface area contributed by atoms with Gasteiger partial charge in [0.1, 0.15) is 12.2 Å². The Morgan fingerprint density at radius 2 is 2.06 bits per heavy atom. The number of aromatic nitrogens is 1. The molecule has 0 saturated heterocycles. The zero-order chi connectivity index (χ0) is 12.3. The molecule has 88 valence electrons. The summed E-state index contributed by atoms with van der Waals surface area (Å²) in [5.41, 5.74) is 1.07. The molecule has 1 aromatic heterocycles. The van der Waals surface area contributed by atoms with Gasteiger partial charge in [-0.15, -0.1) is 0 Å². The highest BCUT2D eigenvalue weighted by Crippen LogP contribution is 2.14. The molecule has 2 aromatic rings. The number of hydrogen-bond donors (Lipinski definition) is 1. The van der Waals surface area contributed by atoms with Gasteiger partial charge in [0, 0.05) is 10.9 Å². The Morgan fingerprint density at radius 3 is 2.71 bits per heavy atom. The molecule has 0 unspecified atom stereocenters. The Balaban J connectivity index is 2.06. The van der Waals surface area contributed by atoms with Gasteiger partial charge in [0.2, 0.25) is 0 Å².